The number of nitrogen functional groups attached to an aromatic ring is 1. The zero-order chi connectivity index (χ0) is 18.9. The highest BCUT2D eigenvalue weighted by atomic mass is 35.5. The summed E-state index contributed by atoms with van der Waals surface area (Å²) in [6.07, 6.45) is 2.80. The van der Waals surface area contributed by atoms with Gasteiger partial charge in [0.25, 0.3) is 0 Å². The topological polar surface area (TPSA) is 123 Å². The number of aryl methyl sites for hydroxylation is 1. The number of nitrogens with two attached hydrogens (primary N) is 2. The van der Waals surface area contributed by atoms with Gasteiger partial charge in [-0.05, 0) is 31.4 Å². The molecule has 1 heterocycles. The molecule has 0 aliphatic heterocycles. The number of amides is 2. The second-order valence-electron chi connectivity index (χ2n) is 6.13. The van der Waals surface area contributed by atoms with E-state index >= 15 is 0 Å². The maximum Gasteiger partial charge on any atom is 0.242 e. The van der Waals surface area contributed by atoms with E-state index in [0.29, 0.717) is 18.7 Å². The summed E-state index contributed by atoms with van der Waals surface area (Å²) in [5.41, 5.74) is 13.5. The molecule has 1 aromatic heterocycles. The van der Waals surface area contributed by atoms with Crippen LogP contribution in [0.15, 0.2) is 48.7 Å². The number of hydrogen-bond acceptors (Lipinski definition) is 5. The molecular formula is C19H27Cl2N5O2. The fourth-order valence-electron chi connectivity index (χ4n) is 2.42. The van der Waals surface area contributed by atoms with E-state index in [9.17, 15) is 9.59 Å². The number of pyridine rings is 1. The molecule has 0 radical (unpaired) electrons. The van der Waals surface area contributed by atoms with Crippen molar-refractivity contribution in [2.45, 2.75) is 38.4 Å². The molecule has 1 aromatic carbocycles. The summed E-state index contributed by atoms with van der Waals surface area (Å²) in [5, 5.41) is 5.37. The van der Waals surface area contributed by atoms with Gasteiger partial charge in [-0.25, -0.2) is 4.98 Å². The van der Waals surface area contributed by atoms with Crippen molar-refractivity contribution < 1.29 is 9.59 Å². The number of rotatable bonds is 8. The summed E-state index contributed by atoms with van der Waals surface area (Å²) in [5.74, 6) is -0.284. The predicted molar refractivity (Wildman–Crippen MR) is 115 cm³/mol. The fourth-order valence-corrected chi connectivity index (χ4v) is 2.42. The Balaban J connectivity index is 0.00000364. The molecule has 154 valence electrons. The lowest BCUT2D eigenvalue weighted by atomic mass is 10.1. The molecule has 7 nitrogen and oxygen atoms in total. The van der Waals surface area contributed by atoms with Gasteiger partial charge in [0.1, 0.15) is 11.9 Å². The predicted octanol–water partition coefficient (Wildman–Crippen LogP) is 1.59. The van der Waals surface area contributed by atoms with Gasteiger partial charge in [-0.2, -0.15) is 0 Å². The SMILES string of the molecule is CC(NC(=O)[C@H](N)CCc1ccccc1)C(=O)NCc1cccnc1N.Cl.Cl. The van der Waals surface area contributed by atoms with Crippen LogP contribution in [0.25, 0.3) is 0 Å². The minimum atomic E-state index is -0.692. The third-order valence-electron chi connectivity index (χ3n) is 4.05. The first-order valence-corrected chi connectivity index (χ1v) is 8.54. The lowest BCUT2D eigenvalue weighted by Gasteiger charge is -2.17. The van der Waals surface area contributed by atoms with Crippen LogP contribution in [-0.4, -0.2) is 28.9 Å². The third kappa shape index (κ3) is 8.12. The van der Waals surface area contributed by atoms with Gasteiger partial charge in [0.15, 0.2) is 0 Å². The first-order valence-electron chi connectivity index (χ1n) is 8.54. The molecule has 1 unspecified atom stereocenters. The van der Waals surface area contributed by atoms with Crippen LogP contribution in [0, 0.1) is 0 Å². The average Bonchev–Trinajstić information content (AvgIpc) is 2.65. The Bertz CT molecular complexity index is 746. The smallest absolute Gasteiger partial charge is 0.242 e. The van der Waals surface area contributed by atoms with Crippen molar-refractivity contribution in [3.8, 4) is 0 Å². The summed E-state index contributed by atoms with van der Waals surface area (Å²) in [6.45, 7) is 1.86. The number of nitrogens with one attached hydrogen (secondary N) is 2. The summed E-state index contributed by atoms with van der Waals surface area (Å²) in [7, 11) is 0. The van der Waals surface area contributed by atoms with Gasteiger partial charge in [0.05, 0.1) is 6.04 Å². The van der Waals surface area contributed by atoms with Gasteiger partial charge in [0.2, 0.25) is 11.8 Å². The molecule has 0 aliphatic rings. The molecule has 0 aliphatic carbocycles. The Morgan fingerprint density at radius 3 is 2.39 bits per heavy atom. The molecule has 0 saturated heterocycles. The van der Waals surface area contributed by atoms with Gasteiger partial charge in [-0.15, -0.1) is 24.8 Å². The largest absolute Gasteiger partial charge is 0.383 e. The Morgan fingerprint density at radius 1 is 1.07 bits per heavy atom. The zero-order valence-electron chi connectivity index (χ0n) is 15.6. The van der Waals surface area contributed by atoms with E-state index in [4.69, 9.17) is 11.5 Å². The van der Waals surface area contributed by atoms with Gasteiger partial charge in [-0.3, -0.25) is 9.59 Å². The Labute approximate surface area is 177 Å². The molecule has 6 N–H and O–H groups in total. The lowest BCUT2D eigenvalue weighted by Crippen LogP contribution is -2.50. The van der Waals surface area contributed by atoms with E-state index in [1.807, 2.05) is 30.3 Å². The van der Waals surface area contributed by atoms with E-state index in [1.54, 1.807) is 25.3 Å². The summed E-state index contributed by atoms with van der Waals surface area (Å²) < 4.78 is 0. The monoisotopic (exact) mass is 427 g/mol. The van der Waals surface area contributed by atoms with Crippen LogP contribution >= 0.6 is 24.8 Å². The van der Waals surface area contributed by atoms with E-state index in [0.717, 1.165) is 11.1 Å². The average molecular weight is 428 g/mol. The van der Waals surface area contributed by atoms with Crippen LogP contribution in [0.1, 0.15) is 24.5 Å². The molecule has 0 bridgehead atoms. The molecule has 0 spiro atoms. The van der Waals surface area contributed by atoms with Crippen molar-refractivity contribution in [2.24, 2.45) is 5.73 Å². The number of carbonyl (C=O) groups is 2. The quantitative estimate of drug-likeness (QED) is 0.509. The maximum atomic E-state index is 12.2. The van der Waals surface area contributed by atoms with Gasteiger partial charge in [0, 0.05) is 18.3 Å². The van der Waals surface area contributed by atoms with Crippen molar-refractivity contribution >= 4 is 42.4 Å². The van der Waals surface area contributed by atoms with Crippen LogP contribution in [0.4, 0.5) is 5.82 Å². The lowest BCUT2D eigenvalue weighted by molar-refractivity contribution is -0.129. The normalized spacial score (nSPS) is 11.9. The Kier molecular flexibility index (Phi) is 11.8. The number of anilines is 1. The Hall–Kier alpha value is -2.35. The van der Waals surface area contributed by atoms with E-state index in [1.165, 1.54) is 0 Å². The standard InChI is InChI=1S/C19H25N5O2.2ClH/c1-13(18(25)23-12-15-8-5-11-22-17(15)21)24-19(26)16(20)10-9-14-6-3-2-4-7-14;;/h2-8,11,13,16H,9-10,12,20H2,1H3,(H2,21,22)(H,23,25)(H,24,26);2*1H/t13?,16-;;/m1../s1. The number of benzene rings is 1. The van der Waals surface area contributed by atoms with Gasteiger partial charge in [-0.1, -0.05) is 36.4 Å². The summed E-state index contributed by atoms with van der Waals surface area (Å²) in [6, 6.07) is 12.0. The number of hydrogen-bond donors (Lipinski definition) is 4. The molecule has 0 fully saturated rings. The minimum Gasteiger partial charge on any atom is -0.383 e. The summed E-state index contributed by atoms with van der Waals surface area (Å²) in [4.78, 5) is 28.3. The van der Waals surface area contributed by atoms with Gasteiger partial charge >= 0.3 is 0 Å². The van der Waals surface area contributed by atoms with Crippen LogP contribution in [0.3, 0.4) is 0 Å². The molecule has 2 atom stereocenters. The van der Waals surface area contributed by atoms with Crippen molar-refractivity contribution in [3.05, 3.63) is 59.8 Å². The van der Waals surface area contributed by atoms with Crippen LogP contribution in [-0.2, 0) is 22.6 Å². The van der Waals surface area contributed by atoms with Crippen molar-refractivity contribution in [1.82, 2.24) is 15.6 Å². The third-order valence-corrected chi connectivity index (χ3v) is 4.05. The molecule has 2 amide bonds. The number of halogens is 2. The van der Waals surface area contributed by atoms with Crippen molar-refractivity contribution in [3.63, 3.8) is 0 Å². The summed E-state index contributed by atoms with van der Waals surface area (Å²) >= 11 is 0. The zero-order valence-corrected chi connectivity index (χ0v) is 17.3. The van der Waals surface area contributed by atoms with Crippen LogP contribution < -0.4 is 22.1 Å². The highest BCUT2D eigenvalue weighted by Gasteiger charge is 2.20. The minimum absolute atomic E-state index is 0. The van der Waals surface area contributed by atoms with Crippen LogP contribution in [0.5, 0.6) is 0 Å². The second-order valence-corrected chi connectivity index (χ2v) is 6.13. The van der Waals surface area contributed by atoms with Crippen molar-refractivity contribution in [2.75, 3.05) is 5.73 Å². The molecule has 9 heteroatoms. The molecular weight excluding hydrogens is 401 g/mol. The van der Waals surface area contributed by atoms with E-state index in [2.05, 4.69) is 15.6 Å². The maximum absolute atomic E-state index is 12.2. The number of aromatic nitrogens is 1. The Morgan fingerprint density at radius 2 is 1.75 bits per heavy atom. The number of nitrogens with zero attached hydrogens (tertiary/aromatic N) is 1. The molecule has 28 heavy (non-hydrogen) atoms. The highest BCUT2D eigenvalue weighted by Crippen LogP contribution is 2.06. The van der Waals surface area contributed by atoms with Gasteiger partial charge < -0.3 is 22.1 Å². The molecule has 2 rings (SSSR count). The molecule has 0 saturated carbocycles. The number of carbonyl (C=O) groups excluding carboxylic acids is 2. The van der Waals surface area contributed by atoms with E-state index in [-0.39, 0.29) is 43.2 Å². The fraction of sp³-hybridized carbons (Fsp3) is 0.316. The first kappa shape index (κ1) is 25.6. The van der Waals surface area contributed by atoms with Crippen molar-refractivity contribution in [1.29, 1.82) is 0 Å². The first-order chi connectivity index (χ1) is 12.5. The van der Waals surface area contributed by atoms with E-state index < -0.39 is 12.1 Å². The second kappa shape index (κ2) is 12.9. The highest BCUT2D eigenvalue weighted by molar-refractivity contribution is 5.89. The molecule has 2 aromatic rings. The van der Waals surface area contributed by atoms with Crippen LogP contribution in [0.2, 0.25) is 0 Å².